The van der Waals surface area contributed by atoms with Crippen LogP contribution in [0.2, 0.25) is 0 Å². The van der Waals surface area contributed by atoms with Gasteiger partial charge in [0.05, 0.1) is 6.61 Å². The first-order chi connectivity index (χ1) is 11.7. The van der Waals surface area contributed by atoms with Crippen LogP contribution in [0.15, 0.2) is 5.16 Å². The first kappa shape index (κ1) is 21.3. The molecule has 0 aromatic heterocycles. The summed E-state index contributed by atoms with van der Waals surface area (Å²) in [4.78, 5) is 5.22. The van der Waals surface area contributed by atoms with E-state index < -0.39 is 11.9 Å². The average molecular weight is 347 g/mol. The molecule has 0 saturated carbocycles. The van der Waals surface area contributed by atoms with Crippen LogP contribution in [0.5, 0.6) is 0 Å². The Morgan fingerprint density at radius 2 is 1.75 bits per heavy atom. The Morgan fingerprint density at radius 1 is 1.04 bits per heavy atom. The van der Waals surface area contributed by atoms with Crippen molar-refractivity contribution in [1.82, 2.24) is 0 Å². The highest BCUT2D eigenvalue weighted by molar-refractivity contribution is 5.21. The average Bonchev–Trinajstić information content (AvgIpc) is 2.90. The van der Waals surface area contributed by atoms with E-state index in [1.54, 1.807) is 14.2 Å². The molecule has 0 spiro atoms. The summed E-state index contributed by atoms with van der Waals surface area (Å²) in [6.07, 6.45) is 2.76. The van der Waals surface area contributed by atoms with E-state index in [-0.39, 0.29) is 18.8 Å². The molecular formula is C17H33NO6. The third-order valence-electron chi connectivity index (χ3n) is 4.12. The zero-order valence-corrected chi connectivity index (χ0v) is 15.5. The number of unbranched alkanes of at least 4 members (excludes halogenated alkanes) is 2. The van der Waals surface area contributed by atoms with Crippen LogP contribution in [-0.4, -0.2) is 71.5 Å². The zero-order valence-electron chi connectivity index (χ0n) is 15.5. The Kier molecular flexibility index (Phi) is 10.4. The number of nitrogens with zero attached hydrogens (tertiary/aromatic N) is 1. The Bertz CT molecular complexity index is 343. The minimum atomic E-state index is -0.843. The Labute approximate surface area is 145 Å². The van der Waals surface area contributed by atoms with Crippen LogP contribution in [0.25, 0.3) is 0 Å². The number of oxime groups is 1. The summed E-state index contributed by atoms with van der Waals surface area (Å²) in [5, 5.41) is 3.50. The fraction of sp³-hybridized carbons (Fsp3) is 0.941. The molecule has 0 aromatic carbocycles. The maximum atomic E-state index is 6.12. The minimum absolute atomic E-state index is 0.166. The van der Waals surface area contributed by atoms with Gasteiger partial charge in [-0.15, -0.1) is 5.16 Å². The quantitative estimate of drug-likeness (QED) is 0.273. The standard InChI is InChI=1S/C17H33NO6/c1-6-8-10-21-12-17(13-23-18-3)15(22-11-9-7-2)14(19-4)16(20-5)24-17/h14-16H,3,6-13H2,1-2,4-5H3/t14-,15+,16?,17+/m1/s1. The molecule has 0 radical (unpaired) electrons. The Morgan fingerprint density at radius 3 is 2.33 bits per heavy atom. The molecular weight excluding hydrogens is 314 g/mol. The number of ether oxygens (including phenoxy) is 5. The molecule has 0 aromatic rings. The molecule has 1 rings (SSSR count). The van der Waals surface area contributed by atoms with Crippen LogP contribution in [0.4, 0.5) is 0 Å². The summed E-state index contributed by atoms with van der Waals surface area (Å²) >= 11 is 0. The monoisotopic (exact) mass is 347 g/mol. The predicted molar refractivity (Wildman–Crippen MR) is 91.3 cm³/mol. The fourth-order valence-electron chi connectivity index (χ4n) is 2.75. The van der Waals surface area contributed by atoms with Crippen molar-refractivity contribution in [3.05, 3.63) is 0 Å². The first-order valence-electron chi connectivity index (χ1n) is 8.69. The van der Waals surface area contributed by atoms with Gasteiger partial charge in [-0.05, 0) is 12.8 Å². The van der Waals surface area contributed by atoms with Gasteiger partial charge in [0.2, 0.25) is 0 Å². The fourth-order valence-corrected chi connectivity index (χ4v) is 2.75. The molecule has 1 heterocycles. The lowest BCUT2D eigenvalue weighted by molar-refractivity contribution is -0.213. The molecule has 0 aliphatic carbocycles. The summed E-state index contributed by atoms with van der Waals surface area (Å²) < 4.78 is 29.1. The van der Waals surface area contributed by atoms with Crippen molar-refractivity contribution in [1.29, 1.82) is 0 Å². The van der Waals surface area contributed by atoms with Crippen molar-refractivity contribution < 1.29 is 28.5 Å². The van der Waals surface area contributed by atoms with Crippen molar-refractivity contribution >= 4 is 6.72 Å². The van der Waals surface area contributed by atoms with Crippen LogP contribution in [0.1, 0.15) is 39.5 Å². The van der Waals surface area contributed by atoms with Gasteiger partial charge in [0.15, 0.2) is 18.5 Å². The van der Waals surface area contributed by atoms with Gasteiger partial charge in [0, 0.05) is 34.2 Å². The smallest absolute Gasteiger partial charge is 0.187 e. The minimum Gasteiger partial charge on any atom is -0.393 e. The Hall–Kier alpha value is -0.730. The molecule has 1 aliphatic rings. The van der Waals surface area contributed by atoms with Gasteiger partial charge in [-0.2, -0.15) is 0 Å². The zero-order chi connectivity index (χ0) is 17.8. The number of hydrogen-bond donors (Lipinski definition) is 0. The number of methoxy groups -OCH3 is 2. The molecule has 0 N–H and O–H groups in total. The van der Waals surface area contributed by atoms with E-state index in [0.29, 0.717) is 19.8 Å². The molecule has 7 heteroatoms. The summed E-state index contributed by atoms with van der Waals surface area (Å²) in [5.74, 6) is 0. The van der Waals surface area contributed by atoms with Crippen LogP contribution < -0.4 is 0 Å². The van der Waals surface area contributed by atoms with Gasteiger partial charge in [0.25, 0.3) is 0 Å². The summed E-state index contributed by atoms with van der Waals surface area (Å²) in [6.45, 7) is 9.35. The highest BCUT2D eigenvalue weighted by Crippen LogP contribution is 2.36. The van der Waals surface area contributed by atoms with E-state index in [1.165, 1.54) is 0 Å². The molecule has 1 aliphatic heterocycles. The van der Waals surface area contributed by atoms with E-state index in [2.05, 4.69) is 25.7 Å². The van der Waals surface area contributed by atoms with E-state index in [4.69, 9.17) is 28.5 Å². The van der Waals surface area contributed by atoms with Gasteiger partial charge in [-0.25, -0.2) is 0 Å². The maximum absolute atomic E-state index is 6.12. The van der Waals surface area contributed by atoms with Gasteiger partial charge in [0.1, 0.15) is 12.2 Å². The van der Waals surface area contributed by atoms with Crippen LogP contribution in [0, 0.1) is 0 Å². The lowest BCUT2D eigenvalue weighted by Gasteiger charge is -2.33. The first-order valence-corrected chi connectivity index (χ1v) is 8.69. The second-order valence-corrected chi connectivity index (χ2v) is 5.94. The molecule has 1 unspecified atom stereocenters. The SMILES string of the molecule is C=NOC[C@]1(COCCCC)OC(OC)[C@H](OC)[C@@H]1OCCCC. The van der Waals surface area contributed by atoms with Crippen molar-refractivity contribution in [2.24, 2.45) is 5.16 Å². The molecule has 1 saturated heterocycles. The molecule has 7 nitrogen and oxygen atoms in total. The lowest BCUT2D eigenvalue weighted by Crippen LogP contribution is -2.52. The molecule has 0 bridgehead atoms. The Balaban J connectivity index is 2.90. The maximum Gasteiger partial charge on any atom is 0.187 e. The number of rotatable bonds is 14. The van der Waals surface area contributed by atoms with E-state index in [1.807, 2.05) is 0 Å². The predicted octanol–water partition coefficient (Wildman–Crippen LogP) is 2.38. The number of hydrogen-bond acceptors (Lipinski definition) is 7. The summed E-state index contributed by atoms with van der Waals surface area (Å²) in [7, 11) is 3.21. The molecule has 0 amide bonds. The van der Waals surface area contributed by atoms with Gasteiger partial charge >= 0.3 is 0 Å². The topological polar surface area (TPSA) is 67.7 Å². The van der Waals surface area contributed by atoms with E-state index >= 15 is 0 Å². The third-order valence-corrected chi connectivity index (χ3v) is 4.12. The second-order valence-electron chi connectivity index (χ2n) is 5.94. The van der Waals surface area contributed by atoms with Crippen LogP contribution >= 0.6 is 0 Å². The normalized spacial score (nSPS) is 29.8. The molecule has 142 valence electrons. The summed E-state index contributed by atoms with van der Waals surface area (Å²) in [6, 6.07) is 0. The third kappa shape index (κ3) is 5.67. The van der Waals surface area contributed by atoms with E-state index in [0.717, 1.165) is 25.7 Å². The van der Waals surface area contributed by atoms with Crippen molar-refractivity contribution in [2.75, 3.05) is 40.6 Å². The molecule has 4 atom stereocenters. The highest BCUT2D eigenvalue weighted by atomic mass is 16.7. The van der Waals surface area contributed by atoms with Crippen LogP contribution in [-0.2, 0) is 28.5 Å². The largest absolute Gasteiger partial charge is 0.393 e. The van der Waals surface area contributed by atoms with E-state index in [9.17, 15) is 0 Å². The van der Waals surface area contributed by atoms with Crippen LogP contribution in [0.3, 0.4) is 0 Å². The van der Waals surface area contributed by atoms with Crippen molar-refractivity contribution in [3.8, 4) is 0 Å². The summed E-state index contributed by atoms with van der Waals surface area (Å²) in [5.41, 5.74) is -0.843. The van der Waals surface area contributed by atoms with Gasteiger partial charge in [-0.3, -0.25) is 0 Å². The van der Waals surface area contributed by atoms with Crippen molar-refractivity contribution in [2.45, 2.75) is 63.6 Å². The lowest BCUT2D eigenvalue weighted by atomic mass is 9.96. The highest BCUT2D eigenvalue weighted by Gasteiger charge is 2.58. The van der Waals surface area contributed by atoms with Gasteiger partial charge in [-0.1, -0.05) is 26.7 Å². The van der Waals surface area contributed by atoms with Gasteiger partial charge < -0.3 is 28.5 Å². The van der Waals surface area contributed by atoms with Crippen molar-refractivity contribution in [3.63, 3.8) is 0 Å². The molecule has 24 heavy (non-hydrogen) atoms. The molecule has 1 fully saturated rings. The second kappa shape index (κ2) is 11.8.